The van der Waals surface area contributed by atoms with Gasteiger partial charge in [0, 0.05) is 17.8 Å². The fourth-order valence-corrected chi connectivity index (χ4v) is 2.68. The number of methoxy groups -OCH3 is 1. The van der Waals surface area contributed by atoms with Crippen LogP contribution in [0.2, 0.25) is 0 Å². The van der Waals surface area contributed by atoms with Gasteiger partial charge in [0.2, 0.25) is 0 Å². The lowest BCUT2D eigenvalue weighted by Gasteiger charge is -2.17. The molecule has 0 bridgehead atoms. The minimum atomic E-state index is 0.196. The Morgan fingerprint density at radius 3 is 2.81 bits per heavy atom. The van der Waals surface area contributed by atoms with Crippen molar-refractivity contribution in [2.24, 2.45) is 0 Å². The van der Waals surface area contributed by atoms with E-state index in [0.717, 1.165) is 17.7 Å². The predicted molar refractivity (Wildman–Crippen MR) is 83.7 cm³/mol. The van der Waals surface area contributed by atoms with Crippen molar-refractivity contribution in [1.29, 1.82) is 0 Å². The Morgan fingerprint density at radius 2 is 2.00 bits per heavy atom. The molecule has 3 rings (SSSR count). The Morgan fingerprint density at radius 1 is 1.19 bits per heavy atom. The predicted octanol–water partition coefficient (Wildman–Crippen LogP) is 2.85. The van der Waals surface area contributed by atoms with Gasteiger partial charge in [-0.15, -0.1) is 0 Å². The van der Waals surface area contributed by atoms with Gasteiger partial charge in [0.05, 0.1) is 18.8 Å². The molecule has 3 aromatic rings. The molecule has 1 N–H and O–H groups in total. The summed E-state index contributed by atoms with van der Waals surface area (Å²) in [4.78, 5) is 0. The van der Waals surface area contributed by atoms with Crippen LogP contribution < -0.4 is 10.1 Å². The minimum Gasteiger partial charge on any atom is -0.496 e. The molecule has 0 spiro atoms. The highest BCUT2D eigenvalue weighted by molar-refractivity contribution is 5.55. The van der Waals surface area contributed by atoms with Crippen LogP contribution in [-0.2, 0) is 6.42 Å². The lowest BCUT2D eigenvalue weighted by Crippen LogP contribution is -2.19. The van der Waals surface area contributed by atoms with Crippen LogP contribution in [0.25, 0.3) is 5.52 Å². The summed E-state index contributed by atoms with van der Waals surface area (Å²) >= 11 is 0. The first-order chi connectivity index (χ1) is 10.3. The Balaban J connectivity index is 1.95. The lowest BCUT2D eigenvalue weighted by molar-refractivity contribution is 0.406. The molecule has 1 aromatic carbocycles. The van der Waals surface area contributed by atoms with Crippen LogP contribution in [0, 0.1) is 0 Å². The quantitative estimate of drug-likeness (QED) is 0.781. The third-order valence-electron chi connectivity index (χ3n) is 3.80. The van der Waals surface area contributed by atoms with E-state index in [0.29, 0.717) is 0 Å². The summed E-state index contributed by atoms with van der Waals surface area (Å²) in [6.07, 6.45) is 4.76. The van der Waals surface area contributed by atoms with Crippen molar-refractivity contribution in [3.05, 3.63) is 66.0 Å². The standard InChI is InChI=1S/C17H19N3O/c1-18-15(11-13-7-3-4-9-17(13)21-2)14-12-19-20-10-6-5-8-16(14)20/h3-10,12,15,18H,11H2,1-2H3. The van der Waals surface area contributed by atoms with Gasteiger partial charge in [-0.05, 0) is 37.2 Å². The number of para-hydroxylation sites is 1. The monoisotopic (exact) mass is 281 g/mol. The molecule has 0 saturated heterocycles. The largest absolute Gasteiger partial charge is 0.496 e. The zero-order chi connectivity index (χ0) is 14.7. The molecule has 2 aromatic heterocycles. The SMILES string of the molecule is CNC(Cc1ccccc1OC)c1cnn2ccccc12. The van der Waals surface area contributed by atoms with E-state index in [1.54, 1.807) is 7.11 Å². The maximum atomic E-state index is 5.45. The van der Waals surface area contributed by atoms with Crippen LogP contribution in [0.1, 0.15) is 17.2 Å². The van der Waals surface area contributed by atoms with Crippen LogP contribution in [0.5, 0.6) is 5.75 Å². The smallest absolute Gasteiger partial charge is 0.122 e. The van der Waals surface area contributed by atoms with E-state index >= 15 is 0 Å². The second kappa shape index (κ2) is 5.97. The molecule has 1 unspecified atom stereocenters. The van der Waals surface area contributed by atoms with Crippen LogP contribution in [-0.4, -0.2) is 23.8 Å². The summed E-state index contributed by atoms with van der Waals surface area (Å²) in [6.45, 7) is 0. The highest BCUT2D eigenvalue weighted by atomic mass is 16.5. The van der Waals surface area contributed by atoms with E-state index in [1.165, 1.54) is 11.1 Å². The van der Waals surface area contributed by atoms with E-state index in [9.17, 15) is 0 Å². The molecule has 0 fully saturated rings. The Labute approximate surface area is 124 Å². The van der Waals surface area contributed by atoms with Gasteiger partial charge >= 0.3 is 0 Å². The molecule has 0 amide bonds. The molecule has 0 radical (unpaired) electrons. The minimum absolute atomic E-state index is 0.196. The van der Waals surface area contributed by atoms with Crippen molar-refractivity contribution in [3.63, 3.8) is 0 Å². The second-order valence-electron chi connectivity index (χ2n) is 4.99. The van der Waals surface area contributed by atoms with E-state index < -0.39 is 0 Å². The molecule has 0 aliphatic heterocycles. The number of nitrogens with one attached hydrogen (secondary N) is 1. The van der Waals surface area contributed by atoms with E-state index in [1.807, 2.05) is 54.3 Å². The number of benzene rings is 1. The number of fused-ring (bicyclic) bond motifs is 1. The van der Waals surface area contributed by atoms with E-state index in [2.05, 4.69) is 22.5 Å². The van der Waals surface area contributed by atoms with Gasteiger partial charge < -0.3 is 10.1 Å². The number of hydrogen-bond donors (Lipinski definition) is 1. The second-order valence-corrected chi connectivity index (χ2v) is 4.99. The van der Waals surface area contributed by atoms with E-state index in [-0.39, 0.29) is 6.04 Å². The Hall–Kier alpha value is -2.33. The molecular weight excluding hydrogens is 262 g/mol. The fraction of sp³-hybridized carbons (Fsp3) is 0.235. The molecule has 4 heteroatoms. The van der Waals surface area contributed by atoms with Crippen molar-refractivity contribution >= 4 is 5.52 Å². The number of pyridine rings is 1. The molecule has 2 heterocycles. The molecule has 21 heavy (non-hydrogen) atoms. The molecular formula is C17H19N3O. The Kier molecular flexibility index (Phi) is 3.88. The zero-order valence-electron chi connectivity index (χ0n) is 12.3. The number of aromatic nitrogens is 2. The van der Waals surface area contributed by atoms with Gasteiger partial charge in [-0.3, -0.25) is 0 Å². The number of rotatable bonds is 5. The Bertz CT molecular complexity index is 735. The van der Waals surface area contributed by atoms with Gasteiger partial charge in [0.1, 0.15) is 5.75 Å². The zero-order valence-corrected chi connectivity index (χ0v) is 12.3. The number of nitrogens with zero attached hydrogens (tertiary/aromatic N) is 2. The number of likely N-dealkylation sites (N-methyl/N-ethyl adjacent to an activating group) is 1. The average molecular weight is 281 g/mol. The first-order valence-electron chi connectivity index (χ1n) is 7.05. The summed E-state index contributed by atoms with van der Waals surface area (Å²) < 4.78 is 7.35. The van der Waals surface area contributed by atoms with Gasteiger partial charge in [-0.25, -0.2) is 4.52 Å². The number of hydrogen-bond acceptors (Lipinski definition) is 3. The van der Waals surface area contributed by atoms with Gasteiger partial charge in [0.15, 0.2) is 0 Å². The molecule has 4 nitrogen and oxygen atoms in total. The molecule has 108 valence electrons. The lowest BCUT2D eigenvalue weighted by atomic mass is 9.99. The van der Waals surface area contributed by atoms with Crippen LogP contribution in [0.3, 0.4) is 0 Å². The first kappa shape index (κ1) is 13.6. The topological polar surface area (TPSA) is 38.6 Å². The average Bonchev–Trinajstić information content (AvgIpc) is 2.97. The normalized spacial score (nSPS) is 12.5. The molecule has 1 atom stereocenters. The summed E-state index contributed by atoms with van der Waals surface area (Å²) in [5.41, 5.74) is 3.52. The maximum Gasteiger partial charge on any atom is 0.122 e. The summed E-state index contributed by atoms with van der Waals surface area (Å²) in [5.74, 6) is 0.925. The van der Waals surface area contributed by atoms with Crippen molar-refractivity contribution < 1.29 is 4.74 Å². The van der Waals surface area contributed by atoms with Gasteiger partial charge in [0.25, 0.3) is 0 Å². The van der Waals surface area contributed by atoms with Gasteiger partial charge in [-0.1, -0.05) is 24.3 Å². The maximum absolute atomic E-state index is 5.45. The molecule has 0 aliphatic rings. The fourth-order valence-electron chi connectivity index (χ4n) is 2.68. The third kappa shape index (κ3) is 2.62. The van der Waals surface area contributed by atoms with E-state index in [4.69, 9.17) is 4.74 Å². The first-order valence-corrected chi connectivity index (χ1v) is 7.05. The van der Waals surface area contributed by atoms with Crippen LogP contribution in [0.15, 0.2) is 54.9 Å². The van der Waals surface area contributed by atoms with Gasteiger partial charge in [-0.2, -0.15) is 5.10 Å². The van der Waals surface area contributed by atoms with Crippen molar-refractivity contribution in [2.45, 2.75) is 12.5 Å². The van der Waals surface area contributed by atoms with Crippen molar-refractivity contribution in [2.75, 3.05) is 14.2 Å². The number of ether oxygens (including phenoxy) is 1. The van der Waals surface area contributed by atoms with Crippen LogP contribution in [0.4, 0.5) is 0 Å². The molecule has 0 saturated carbocycles. The third-order valence-corrected chi connectivity index (χ3v) is 3.80. The summed E-state index contributed by atoms with van der Waals surface area (Å²) in [7, 11) is 3.69. The summed E-state index contributed by atoms with van der Waals surface area (Å²) in [6, 6.07) is 14.4. The highest BCUT2D eigenvalue weighted by Gasteiger charge is 2.16. The molecule has 0 aliphatic carbocycles. The van der Waals surface area contributed by atoms with Crippen molar-refractivity contribution in [3.8, 4) is 5.75 Å². The highest BCUT2D eigenvalue weighted by Crippen LogP contribution is 2.26. The van der Waals surface area contributed by atoms with Crippen molar-refractivity contribution in [1.82, 2.24) is 14.9 Å². The summed E-state index contributed by atoms with van der Waals surface area (Å²) in [5, 5.41) is 7.80. The van der Waals surface area contributed by atoms with Crippen LogP contribution >= 0.6 is 0 Å².